The average molecular weight is 467 g/mol. The second-order valence-corrected chi connectivity index (χ2v) is 9.93. The number of piperidine rings is 1. The van der Waals surface area contributed by atoms with Crippen LogP contribution < -0.4 is 4.72 Å². The molecule has 3 heterocycles. The first-order chi connectivity index (χ1) is 14.4. The summed E-state index contributed by atoms with van der Waals surface area (Å²) in [7, 11) is -4.08. The second-order valence-electron chi connectivity index (χ2n) is 7.07. The van der Waals surface area contributed by atoms with Crippen molar-refractivity contribution in [1.29, 1.82) is 0 Å². The Morgan fingerprint density at radius 1 is 1.30 bits per heavy atom. The molecule has 0 saturated carbocycles. The van der Waals surface area contributed by atoms with Crippen molar-refractivity contribution in [2.45, 2.75) is 17.9 Å². The number of aliphatic hydroxyl groups excluding tert-OH is 1. The minimum Gasteiger partial charge on any atom is -0.396 e. The van der Waals surface area contributed by atoms with E-state index in [-0.39, 0.29) is 34.7 Å². The first-order valence-electron chi connectivity index (χ1n) is 9.31. The van der Waals surface area contributed by atoms with Gasteiger partial charge in [-0.3, -0.25) is 9.52 Å². The summed E-state index contributed by atoms with van der Waals surface area (Å²) in [5.41, 5.74) is 0.305. The molecule has 3 aromatic rings. The maximum atomic E-state index is 13.1. The molecule has 30 heavy (non-hydrogen) atoms. The molecule has 0 unspecified atom stereocenters. The van der Waals surface area contributed by atoms with E-state index in [4.69, 9.17) is 11.6 Å². The molecular weight excluding hydrogens is 448 g/mol. The predicted octanol–water partition coefficient (Wildman–Crippen LogP) is 2.99. The maximum Gasteiger partial charge on any atom is 0.280 e. The smallest absolute Gasteiger partial charge is 0.280 e. The summed E-state index contributed by atoms with van der Waals surface area (Å²) in [6.45, 7) is 1.10. The van der Waals surface area contributed by atoms with Gasteiger partial charge >= 0.3 is 0 Å². The zero-order valence-corrected chi connectivity index (χ0v) is 18.2. The third-order valence-electron chi connectivity index (χ3n) is 5.12. The molecule has 1 aliphatic heterocycles. The maximum absolute atomic E-state index is 13.1. The fourth-order valence-corrected chi connectivity index (χ4v) is 5.54. The van der Waals surface area contributed by atoms with E-state index in [1.807, 2.05) is 0 Å². The topological polar surface area (TPSA) is 112 Å². The number of fused-ring (bicyclic) bond motifs is 1. The number of carbonyl (C=O) groups excluding carboxylic acids is 1. The molecule has 1 saturated heterocycles. The average Bonchev–Trinajstić information content (AvgIpc) is 3.22. The highest BCUT2D eigenvalue weighted by atomic mass is 35.5. The van der Waals surface area contributed by atoms with E-state index >= 15 is 0 Å². The number of benzene rings is 1. The van der Waals surface area contributed by atoms with Gasteiger partial charge in [-0.15, -0.1) is 0 Å². The van der Waals surface area contributed by atoms with Crippen LogP contribution in [0.4, 0.5) is 5.69 Å². The normalized spacial score (nSPS) is 15.5. The van der Waals surface area contributed by atoms with Gasteiger partial charge in [0, 0.05) is 30.9 Å². The Balaban J connectivity index is 1.65. The molecule has 0 atom stereocenters. The molecule has 1 fully saturated rings. The number of hydrogen-bond acceptors (Lipinski definition) is 7. The fourth-order valence-electron chi connectivity index (χ4n) is 3.46. The molecular formula is C19H19ClN4O4S2. The SMILES string of the molecule is O=C(c1ccc(Cl)cc1NS(=O)(=O)c1nccc2sncc12)N1CCC(CO)CC1. The first kappa shape index (κ1) is 21.0. The Morgan fingerprint density at radius 2 is 2.07 bits per heavy atom. The van der Waals surface area contributed by atoms with Crippen LogP contribution in [0.5, 0.6) is 0 Å². The van der Waals surface area contributed by atoms with Crippen LogP contribution in [0, 0.1) is 5.92 Å². The molecule has 1 amide bonds. The van der Waals surface area contributed by atoms with Gasteiger partial charge in [0.25, 0.3) is 15.9 Å². The molecule has 2 N–H and O–H groups in total. The molecule has 0 spiro atoms. The quantitative estimate of drug-likeness (QED) is 0.597. The standard InChI is InChI=1S/C19H19ClN4O4S2/c20-13-1-2-14(19(26)24-7-4-12(11-25)5-8-24)16(9-13)23-30(27,28)18-15-10-22-29-17(15)3-6-21-18/h1-3,6,9-10,12,23,25H,4-5,7-8,11H2. The Kier molecular flexibility index (Phi) is 5.92. The van der Waals surface area contributed by atoms with Crippen LogP contribution in [0.25, 0.3) is 10.1 Å². The molecule has 2 aromatic heterocycles. The number of pyridine rings is 1. The second kappa shape index (κ2) is 8.46. The lowest BCUT2D eigenvalue weighted by molar-refractivity contribution is 0.0652. The van der Waals surface area contributed by atoms with E-state index in [0.717, 1.165) is 0 Å². The molecule has 0 bridgehead atoms. The number of aromatic nitrogens is 2. The van der Waals surface area contributed by atoms with Gasteiger partial charge in [0.05, 0.1) is 27.5 Å². The number of aliphatic hydroxyl groups is 1. The third-order valence-corrected chi connectivity index (χ3v) is 7.44. The van der Waals surface area contributed by atoms with Gasteiger partial charge in [0.1, 0.15) is 0 Å². The van der Waals surface area contributed by atoms with E-state index in [1.165, 1.54) is 36.1 Å². The van der Waals surface area contributed by atoms with Gasteiger partial charge in [-0.25, -0.2) is 4.98 Å². The number of nitrogens with one attached hydrogen (secondary N) is 1. The number of halogens is 1. The van der Waals surface area contributed by atoms with Crippen molar-refractivity contribution in [3.8, 4) is 0 Å². The van der Waals surface area contributed by atoms with Crippen molar-refractivity contribution in [2.24, 2.45) is 5.92 Å². The summed E-state index contributed by atoms with van der Waals surface area (Å²) in [6.07, 6.45) is 4.27. The summed E-state index contributed by atoms with van der Waals surface area (Å²) in [5, 5.41) is 9.85. The Labute approximate surface area is 182 Å². The Morgan fingerprint density at radius 3 is 2.80 bits per heavy atom. The van der Waals surface area contributed by atoms with Crippen LogP contribution in [0.1, 0.15) is 23.2 Å². The predicted molar refractivity (Wildman–Crippen MR) is 115 cm³/mol. The minimum atomic E-state index is -4.08. The van der Waals surface area contributed by atoms with E-state index in [0.29, 0.717) is 41.0 Å². The fraction of sp³-hybridized carbons (Fsp3) is 0.316. The molecule has 8 nitrogen and oxygen atoms in total. The van der Waals surface area contributed by atoms with Crippen LogP contribution in [0.3, 0.4) is 0 Å². The highest BCUT2D eigenvalue weighted by Crippen LogP contribution is 2.29. The number of likely N-dealkylation sites (tertiary alicyclic amines) is 1. The number of carbonyl (C=O) groups is 1. The lowest BCUT2D eigenvalue weighted by Gasteiger charge is -2.31. The highest BCUT2D eigenvalue weighted by Gasteiger charge is 2.27. The van der Waals surface area contributed by atoms with Gasteiger partial charge in [-0.2, -0.15) is 12.8 Å². The molecule has 1 aromatic carbocycles. The summed E-state index contributed by atoms with van der Waals surface area (Å²) < 4.78 is 33.3. The number of anilines is 1. The van der Waals surface area contributed by atoms with Crippen LogP contribution in [-0.4, -0.2) is 53.4 Å². The van der Waals surface area contributed by atoms with E-state index in [9.17, 15) is 18.3 Å². The number of nitrogens with zero attached hydrogens (tertiary/aromatic N) is 3. The molecule has 158 valence electrons. The van der Waals surface area contributed by atoms with Crippen LogP contribution in [0.2, 0.25) is 5.02 Å². The summed E-state index contributed by atoms with van der Waals surface area (Å²) in [6, 6.07) is 6.17. The Bertz CT molecular complexity index is 1190. The van der Waals surface area contributed by atoms with Crippen LogP contribution >= 0.6 is 23.1 Å². The summed E-state index contributed by atoms with van der Waals surface area (Å²) in [4.78, 5) is 18.8. The van der Waals surface area contributed by atoms with Gasteiger partial charge in [-0.1, -0.05) is 11.6 Å². The molecule has 4 rings (SSSR count). The van der Waals surface area contributed by atoms with Crippen LogP contribution in [-0.2, 0) is 10.0 Å². The monoisotopic (exact) mass is 466 g/mol. The largest absolute Gasteiger partial charge is 0.396 e. The van der Waals surface area contributed by atoms with Gasteiger partial charge < -0.3 is 10.0 Å². The lowest BCUT2D eigenvalue weighted by atomic mass is 9.97. The zero-order valence-electron chi connectivity index (χ0n) is 15.8. The molecule has 1 aliphatic rings. The lowest BCUT2D eigenvalue weighted by Crippen LogP contribution is -2.39. The van der Waals surface area contributed by atoms with Crippen LogP contribution in [0.15, 0.2) is 41.7 Å². The van der Waals surface area contributed by atoms with Crippen molar-refractivity contribution in [1.82, 2.24) is 14.3 Å². The van der Waals surface area contributed by atoms with Crippen molar-refractivity contribution in [3.05, 3.63) is 47.2 Å². The van der Waals surface area contributed by atoms with Crippen molar-refractivity contribution < 1.29 is 18.3 Å². The van der Waals surface area contributed by atoms with E-state index < -0.39 is 10.0 Å². The molecule has 0 radical (unpaired) electrons. The number of rotatable bonds is 5. The Hall–Kier alpha value is -2.27. The third kappa shape index (κ3) is 4.13. The van der Waals surface area contributed by atoms with Crippen molar-refractivity contribution >= 4 is 54.8 Å². The van der Waals surface area contributed by atoms with Gasteiger partial charge in [-0.05, 0) is 54.6 Å². The first-order valence-corrected chi connectivity index (χ1v) is 11.9. The van der Waals surface area contributed by atoms with Gasteiger partial charge in [0.15, 0.2) is 5.03 Å². The van der Waals surface area contributed by atoms with Gasteiger partial charge in [0.2, 0.25) is 0 Å². The zero-order chi connectivity index (χ0) is 21.3. The summed E-state index contributed by atoms with van der Waals surface area (Å²) >= 11 is 7.26. The summed E-state index contributed by atoms with van der Waals surface area (Å²) in [5.74, 6) is -0.104. The van der Waals surface area contributed by atoms with E-state index in [1.54, 1.807) is 17.0 Å². The number of hydrogen-bond donors (Lipinski definition) is 2. The van der Waals surface area contributed by atoms with E-state index in [2.05, 4.69) is 14.1 Å². The van der Waals surface area contributed by atoms with Crippen molar-refractivity contribution in [2.75, 3.05) is 24.4 Å². The highest BCUT2D eigenvalue weighted by molar-refractivity contribution is 7.92. The minimum absolute atomic E-state index is 0.0961. The molecule has 0 aliphatic carbocycles. The van der Waals surface area contributed by atoms with Crippen molar-refractivity contribution in [3.63, 3.8) is 0 Å². The number of sulfonamides is 1. The number of amides is 1. The molecule has 11 heteroatoms.